The van der Waals surface area contributed by atoms with Crippen LogP contribution >= 0.6 is 11.6 Å². The minimum atomic E-state index is -0.454. The fraction of sp³-hybridized carbons (Fsp3) is 0.370. The van der Waals surface area contributed by atoms with E-state index in [9.17, 15) is 5.11 Å². The van der Waals surface area contributed by atoms with Gasteiger partial charge in [-0.1, -0.05) is 29.8 Å². The fourth-order valence-electron chi connectivity index (χ4n) is 7.27. The topological polar surface area (TPSA) is 54.8 Å². The second-order valence-electron chi connectivity index (χ2n) is 9.91. The number of fused-ring (bicyclic) bond motifs is 2. The van der Waals surface area contributed by atoms with Crippen molar-refractivity contribution in [1.82, 2.24) is 9.88 Å². The lowest BCUT2D eigenvalue weighted by atomic mass is 9.49. The van der Waals surface area contributed by atoms with Crippen molar-refractivity contribution in [2.45, 2.75) is 42.4 Å². The molecule has 0 saturated carbocycles. The van der Waals surface area contributed by atoms with Gasteiger partial charge in [0, 0.05) is 41.9 Å². The second-order valence-corrected chi connectivity index (χ2v) is 10.3. The number of aromatic hydroxyl groups is 1. The van der Waals surface area contributed by atoms with E-state index in [1.807, 2.05) is 37.6 Å². The number of hydrogen-bond acceptors (Lipinski definition) is 5. The highest BCUT2D eigenvalue weighted by Crippen LogP contribution is 2.69. The SMILES string of the molecule is CO[C@@]12Cc3cc(-c4ccc(Cl)cc4)cnc3[C@@H]3Oc4c(O)ccc5c4[C@@]31CCN(C)C2C5. The number of benzene rings is 2. The molecule has 6 heteroatoms. The number of phenols is 1. The molecule has 2 aliphatic heterocycles. The molecule has 5 nitrogen and oxygen atoms in total. The number of rotatable bonds is 2. The largest absolute Gasteiger partial charge is 0.504 e. The predicted octanol–water partition coefficient (Wildman–Crippen LogP) is 4.68. The molecule has 3 heterocycles. The Hall–Kier alpha value is -2.60. The quantitative estimate of drug-likeness (QED) is 0.601. The van der Waals surface area contributed by atoms with E-state index in [2.05, 4.69) is 24.1 Å². The third-order valence-electron chi connectivity index (χ3n) is 8.69. The summed E-state index contributed by atoms with van der Waals surface area (Å²) in [5, 5.41) is 11.5. The summed E-state index contributed by atoms with van der Waals surface area (Å²) in [6, 6.07) is 14.2. The molecule has 1 aromatic heterocycles. The molecule has 1 N–H and O–H groups in total. The highest BCUT2D eigenvalue weighted by molar-refractivity contribution is 6.30. The molecular formula is C27H25ClN2O3. The smallest absolute Gasteiger partial charge is 0.166 e. The number of nitrogens with zero attached hydrogens (tertiary/aromatic N) is 2. The van der Waals surface area contributed by atoms with Gasteiger partial charge in [-0.05, 0) is 67.4 Å². The Morgan fingerprint density at radius 2 is 1.97 bits per heavy atom. The molecule has 3 aromatic rings. The average Bonchev–Trinajstić information content (AvgIpc) is 3.18. The van der Waals surface area contributed by atoms with Crippen LogP contribution in [0.15, 0.2) is 48.7 Å². The van der Waals surface area contributed by atoms with Gasteiger partial charge >= 0.3 is 0 Å². The molecule has 1 unspecified atom stereocenters. The van der Waals surface area contributed by atoms with Crippen LogP contribution in [0, 0.1) is 0 Å². The van der Waals surface area contributed by atoms with Gasteiger partial charge in [0.2, 0.25) is 0 Å². The molecule has 168 valence electrons. The number of hydrogen-bond donors (Lipinski definition) is 1. The van der Waals surface area contributed by atoms with Crippen LogP contribution in [-0.4, -0.2) is 47.3 Å². The molecule has 4 aliphatic rings. The highest BCUT2D eigenvalue weighted by atomic mass is 35.5. The summed E-state index contributed by atoms with van der Waals surface area (Å²) in [6.45, 7) is 0.961. The van der Waals surface area contributed by atoms with Crippen LogP contribution in [0.25, 0.3) is 11.1 Å². The van der Waals surface area contributed by atoms with Gasteiger partial charge in [0.05, 0.1) is 11.1 Å². The van der Waals surface area contributed by atoms with Crippen LogP contribution < -0.4 is 4.74 Å². The first-order valence-corrected chi connectivity index (χ1v) is 11.9. The van der Waals surface area contributed by atoms with E-state index < -0.39 is 5.60 Å². The molecular weight excluding hydrogens is 436 g/mol. The molecule has 33 heavy (non-hydrogen) atoms. The van der Waals surface area contributed by atoms with Gasteiger partial charge in [-0.3, -0.25) is 4.98 Å². The van der Waals surface area contributed by atoms with Crippen LogP contribution in [0.5, 0.6) is 11.5 Å². The summed E-state index contributed by atoms with van der Waals surface area (Å²) in [6.07, 6.45) is 4.20. The zero-order valence-corrected chi connectivity index (χ0v) is 19.4. The van der Waals surface area contributed by atoms with E-state index in [4.69, 9.17) is 26.1 Å². The number of aromatic nitrogens is 1. The first kappa shape index (κ1) is 19.8. The van der Waals surface area contributed by atoms with Gasteiger partial charge < -0.3 is 19.5 Å². The van der Waals surface area contributed by atoms with Gasteiger partial charge in [-0.25, -0.2) is 0 Å². The number of ether oxygens (including phenoxy) is 2. The van der Waals surface area contributed by atoms with Crippen LogP contribution in [0.1, 0.15) is 34.9 Å². The molecule has 0 radical (unpaired) electrons. The van der Waals surface area contributed by atoms with E-state index in [1.165, 1.54) is 5.56 Å². The summed E-state index contributed by atoms with van der Waals surface area (Å²) >= 11 is 6.11. The van der Waals surface area contributed by atoms with Crippen molar-refractivity contribution >= 4 is 11.6 Å². The molecule has 1 fully saturated rings. The first-order chi connectivity index (χ1) is 16.0. The van der Waals surface area contributed by atoms with Crippen molar-refractivity contribution in [3.05, 3.63) is 76.1 Å². The van der Waals surface area contributed by atoms with Gasteiger partial charge in [-0.2, -0.15) is 0 Å². The number of likely N-dealkylation sites (N-methyl/N-ethyl adjacent to an activating group) is 1. The molecule has 2 bridgehead atoms. The predicted molar refractivity (Wildman–Crippen MR) is 126 cm³/mol. The highest BCUT2D eigenvalue weighted by Gasteiger charge is 2.73. The minimum Gasteiger partial charge on any atom is -0.504 e. The molecule has 2 aliphatic carbocycles. The summed E-state index contributed by atoms with van der Waals surface area (Å²) < 4.78 is 13.2. The third kappa shape index (κ3) is 2.28. The summed E-state index contributed by atoms with van der Waals surface area (Å²) in [5.74, 6) is 0.831. The molecule has 2 aromatic carbocycles. The number of methoxy groups -OCH3 is 1. The monoisotopic (exact) mass is 460 g/mol. The Kier molecular flexibility index (Phi) is 3.91. The molecule has 4 atom stereocenters. The maximum atomic E-state index is 10.8. The Morgan fingerprint density at radius 3 is 2.76 bits per heavy atom. The fourth-order valence-corrected chi connectivity index (χ4v) is 7.40. The molecule has 0 amide bonds. The van der Waals surface area contributed by atoms with Crippen molar-refractivity contribution in [2.75, 3.05) is 20.7 Å². The number of pyridine rings is 1. The second kappa shape index (κ2) is 6.50. The maximum Gasteiger partial charge on any atom is 0.166 e. The van der Waals surface area contributed by atoms with Crippen LogP contribution in [0.2, 0.25) is 5.02 Å². The van der Waals surface area contributed by atoms with E-state index in [0.717, 1.165) is 58.8 Å². The van der Waals surface area contributed by atoms with E-state index in [-0.39, 0.29) is 23.3 Å². The molecule has 1 saturated heterocycles. The Morgan fingerprint density at radius 1 is 1.15 bits per heavy atom. The van der Waals surface area contributed by atoms with Gasteiger partial charge in [0.25, 0.3) is 0 Å². The summed E-state index contributed by atoms with van der Waals surface area (Å²) in [7, 11) is 4.05. The lowest BCUT2D eigenvalue weighted by Crippen LogP contribution is -2.74. The van der Waals surface area contributed by atoms with Gasteiger partial charge in [0.15, 0.2) is 17.6 Å². The molecule has 1 spiro atoms. The maximum absolute atomic E-state index is 10.8. The van der Waals surface area contributed by atoms with Crippen molar-refractivity contribution in [3.8, 4) is 22.6 Å². The first-order valence-electron chi connectivity index (χ1n) is 11.5. The van der Waals surface area contributed by atoms with Crippen molar-refractivity contribution in [1.29, 1.82) is 0 Å². The Labute approximate surface area is 197 Å². The van der Waals surface area contributed by atoms with Crippen molar-refractivity contribution < 1.29 is 14.6 Å². The van der Waals surface area contributed by atoms with E-state index in [1.54, 1.807) is 6.07 Å². The number of phenolic OH excluding ortho intramolecular Hbond substituents is 1. The lowest BCUT2D eigenvalue weighted by Gasteiger charge is -2.63. The number of halogens is 1. The van der Waals surface area contributed by atoms with E-state index in [0.29, 0.717) is 5.75 Å². The third-order valence-corrected chi connectivity index (χ3v) is 8.95. The normalized spacial score (nSPS) is 31.0. The minimum absolute atomic E-state index is 0.208. The summed E-state index contributed by atoms with van der Waals surface area (Å²) in [4.78, 5) is 7.42. The number of likely N-dealkylation sites (tertiary alicyclic amines) is 1. The van der Waals surface area contributed by atoms with Crippen LogP contribution in [0.4, 0.5) is 0 Å². The van der Waals surface area contributed by atoms with Crippen molar-refractivity contribution in [3.63, 3.8) is 0 Å². The standard InChI is InChI=1S/C27H25ClN2O3/c1-30-10-9-26-22-16-5-8-20(31)24(22)33-25(26)23-17(13-27(26,32-2)21(30)12-16)11-18(14-29-23)15-3-6-19(28)7-4-15/h3-8,11,14,21,25,31H,9-10,12-13H2,1-2H3/t21?,25-,26-,27+/m0/s1. The van der Waals surface area contributed by atoms with Crippen LogP contribution in [0.3, 0.4) is 0 Å². The average molecular weight is 461 g/mol. The van der Waals surface area contributed by atoms with Crippen molar-refractivity contribution in [2.24, 2.45) is 0 Å². The summed E-state index contributed by atoms with van der Waals surface area (Å²) in [5.41, 5.74) is 5.85. The Bertz CT molecular complexity index is 1310. The zero-order chi connectivity index (χ0) is 22.5. The molecule has 7 rings (SSSR count). The van der Waals surface area contributed by atoms with Gasteiger partial charge in [-0.15, -0.1) is 0 Å². The Balaban J connectivity index is 1.48. The van der Waals surface area contributed by atoms with Gasteiger partial charge in [0.1, 0.15) is 5.60 Å². The van der Waals surface area contributed by atoms with E-state index >= 15 is 0 Å². The lowest BCUT2D eigenvalue weighted by molar-refractivity contribution is -0.186. The number of piperidine rings is 1. The zero-order valence-electron chi connectivity index (χ0n) is 18.6. The van der Waals surface area contributed by atoms with Crippen LogP contribution in [-0.2, 0) is 23.0 Å².